The van der Waals surface area contributed by atoms with E-state index in [2.05, 4.69) is 26.9 Å². The van der Waals surface area contributed by atoms with E-state index >= 15 is 0 Å². The first kappa shape index (κ1) is 25.8. The number of carbonyl (C=O) groups excluding carboxylic acids is 1. The van der Waals surface area contributed by atoms with Crippen molar-refractivity contribution in [3.05, 3.63) is 87.5 Å². The third-order valence-electron chi connectivity index (χ3n) is 6.91. The molecule has 0 bridgehead atoms. The molecule has 0 aliphatic heterocycles. The van der Waals surface area contributed by atoms with Crippen LogP contribution >= 0.6 is 11.8 Å². The van der Waals surface area contributed by atoms with Gasteiger partial charge in [0.05, 0.1) is 23.8 Å². The highest BCUT2D eigenvalue weighted by atomic mass is 32.2. The Hall–Kier alpha value is -3.85. The number of ether oxygens (including phenoxy) is 1. The van der Waals surface area contributed by atoms with Crippen LogP contribution in [0.1, 0.15) is 40.7 Å². The van der Waals surface area contributed by atoms with Crippen molar-refractivity contribution in [1.82, 2.24) is 23.7 Å². The van der Waals surface area contributed by atoms with Gasteiger partial charge in [-0.2, -0.15) is 0 Å². The molecule has 0 spiro atoms. The number of fused-ring (bicyclic) bond motifs is 3. The highest BCUT2D eigenvalue weighted by Gasteiger charge is 2.20. The summed E-state index contributed by atoms with van der Waals surface area (Å²) in [6.07, 6.45) is 1.66. The van der Waals surface area contributed by atoms with Gasteiger partial charge < -0.3 is 9.30 Å². The number of aryl methyl sites for hydroxylation is 3. The monoisotopic (exact) mass is 529 g/mol. The molecule has 9 heteroatoms. The van der Waals surface area contributed by atoms with Gasteiger partial charge in [-0.1, -0.05) is 43.0 Å². The summed E-state index contributed by atoms with van der Waals surface area (Å²) in [5.74, 6) is 1.61. The number of para-hydroxylation sites is 1. The summed E-state index contributed by atoms with van der Waals surface area (Å²) in [6.45, 7) is 7.41. The van der Waals surface area contributed by atoms with Crippen molar-refractivity contribution in [2.45, 2.75) is 51.9 Å². The molecule has 0 atom stereocenters. The van der Waals surface area contributed by atoms with Gasteiger partial charge >= 0.3 is 0 Å². The standard InChI is InChI=1S/C29H31N5O3S/c1-5-15-33-27(36)23-8-6-7-9-25(23)34-28(33)30-31-29(34)38-18-26(35)24-17-19(2)32(20(24)3)16-14-21-10-12-22(37-4)13-11-21/h6-13,17H,5,14-16,18H2,1-4H3. The molecule has 5 aromatic rings. The van der Waals surface area contributed by atoms with Crippen molar-refractivity contribution in [2.24, 2.45) is 0 Å². The molecule has 5 rings (SSSR count). The normalized spacial score (nSPS) is 11.5. The topological polar surface area (TPSA) is 83.4 Å². The molecule has 38 heavy (non-hydrogen) atoms. The van der Waals surface area contributed by atoms with Crippen LogP contribution in [0.3, 0.4) is 0 Å². The lowest BCUT2D eigenvalue weighted by Gasteiger charge is -2.11. The first-order chi connectivity index (χ1) is 18.4. The van der Waals surface area contributed by atoms with Crippen LogP contribution in [-0.2, 0) is 19.5 Å². The van der Waals surface area contributed by atoms with Gasteiger partial charge in [0, 0.05) is 30.0 Å². The highest BCUT2D eigenvalue weighted by molar-refractivity contribution is 7.99. The molecule has 0 N–H and O–H groups in total. The Morgan fingerprint density at radius 2 is 1.76 bits per heavy atom. The summed E-state index contributed by atoms with van der Waals surface area (Å²) in [4.78, 5) is 26.4. The summed E-state index contributed by atoms with van der Waals surface area (Å²) in [5, 5.41) is 9.91. The largest absolute Gasteiger partial charge is 0.497 e. The number of ketones is 1. The second-order valence-corrected chi connectivity index (χ2v) is 10.3. The number of hydrogen-bond donors (Lipinski definition) is 0. The Morgan fingerprint density at radius 1 is 1.00 bits per heavy atom. The minimum Gasteiger partial charge on any atom is -0.497 e. The number of carbonyl (C=O) groups is 1. The summed E-state index contributed by atoms with van der Waals surface area (Å²) in [5.41, 5.74) is 4.65. The van der Waals surface area contributed by atoms with E-state index in [-0.39, 0.29) is 17.1 Å². The van der Waals surface area contributed by atoms with Crippen molar-refractivity contribution in [2.75, 3.05) is 12.9 Å². The first-order valence-corrected chi connectivity index (χ1v) is 13.7. The van der Waals surface area contributed by atoms with Crippen LogP contribution in [0.25, 0.3) is 16.7 Å². The zero-order valence-corrected chi connectivity index (χ0v) is 22.9. The zero-order chi connectivity index (χ0) is 26.8. The number of aromatic nitrogens is 5. The second-order valence-electron chi connectivity index (χ2n) is 9.34. The molecule has 3 heterocycles. The number of rotatable bonds is 10. The van der Waals surface area contributed by atoms with Crippen molar-refractivity contribution < 1.29 is 9.53 Å². The van der Waals surface area contributed by atoms with Crippen LogP contribution in [-0.4, -0.2) is 42.4 Å². The third kappa shape index (κ3) is 4.74. The summed E-state index contributed by atoms with van der Waals surface area (Å²) >= 11 is 1.35. The predicted octanol–water partition coefficient (Wildman–Crippen LogP) is 5.10. The fourth-order valence-electron chi connectivity index (χ4n) is 4.92. The SMILES string of the molecule is CCCn1c(=O)c2ccccc2n2c(SCC(=O)c3cc(C)n(CCc4ccc(OC)cc4)c3C)nnc12. The number of nitrogens with zero attached hydrogens (tertiary/aromatic N) is 5. The summed E-state index contributed by atoms with van der Waals surface area (Å²) < 4.78 is 11.0. The average molecular weight is 530 g/mol. The van der Waals surface area contributed by atoms with Crippen LogP contribution < -0.4 is 10.3 Å². The molecule has 0 saturated carbocycles. The number of methoxy groups -OCH3 is 1. The maximum absolute atomic E-state index is 13.3. The minimum absolute atomic E-state index is 0.0433. The average Bonchev–Trinajstić information content (AvgIpc) is 3.49. The van der Waals surface area contributed by atoms with Gasteiger partial charge in [0.1, 0.15) is 5.75 Å². The Balaban J connectivity index is 1.37. The van der Waals surface area contributed by atoms with Crippen LogP contribution in [0.2, 0.25) is 0 Å². The fraction of sp³-hybridized carbons (Fsp3) is 0.310. The number of Topliss-reactive ketones (excluding diaryl/α,β-unsaturated/α-hetero) is 1. The van der Waals surface area contributed by atoms with Gasteiger partial charge in [0.15, 0.2) is 10.9 Å². The molecule has 0 aliphatic carbocycles. The third-order valence-corrected chi connectivity index (χ3v) is 7.84. The van der Waals surface area contributed by atoms with Gasteiger partial charge in [0.25, 0.3) is 5.56 Å². The number of thioether (sulfide) groups is 1. The van der Waals surface area contributed by atoms with E-state index < -0.39 is 0 Å². The Morgan fingerprint density at radius 3 is 2.50 bits per heavy atom. The molecule has 0 amide bonds. The van der Waals surface area contributed by atoms with Crippen molar-refractivity contribution in [3.8, 4) is 5.75 Å². The van der Waals surface area contributed by atoms with Gasteiger partial charge in [-0.3, -0.25) is 18.6 Å². The smallest absolute Gasteiger partial charge is 0.262 e. The Bertz CT molecular complexity index is 1680. The van der Waals surface area contributed by atoms with Crippen LogP contribution in [0.4, 0.5) is 0 Å². The van der Waals surface area contributed by atoms with Crippen LogP contribution in [0, 0.1) is 13.8 Å². The van der Waals surface area contributed by atoms with Crippen LogP contribution in [0.15, 0.2) is 64.5 Å². The molecule has 0 unspecified atom stereocenters. The lowest BCUT2D eigenvalue weighted by molar-refractivity contribution is 0.102. The van der Waals surface area contributed by atoms with E-state index in [1.54, 1.807) is 11.7 Å². The van der Waals surface area contributed by atoms with E-state index in [9.17, 15) is 9.59 Å². The second kappa shape index (κ2) is 10.9. The minimum atomic E-state index is -0.0722. The Kier molecular flexibility index (Phi) is 7.37. The quantitative estimate of drug-likeness (QED) is 0.185. The van der Waals surface area contributed by atoms with E-state index in [1.165, 1.54) is 17.3 Å². The maximum Gasteiger partial charge on any atom is 0.262 e. The van der Waals surface area contributed by atoms with Gasteiger partial charge in [-0.05, 0) is 62.6 Å². The van der Waals surface area contributed by atoms with Gasteiger partial charge in [0.2, 0.25) is 5.78 Å². The molecule has 196 valence electrons. The molecule has 0 aliphatic rings. The Labute approximate surface area is 225 Å². The summed E-state index contributed by atoms with van der Waals surface area (Å²) in [7, 11) is 1.66. The molecule has 0 saturated heterocycles. The van der Waals surface area contributed by atoms with E-state index in [0.717, 1.165) is 47.6 Å². The van der Waals surface area contributed by atoms with E-state index in [4.69, 9.17) is 4.74 Å². The highest BCUT2D eigenvalue weighted by Crippen LogP contribution is 2.24. The number of benzene rings is 2. The fourth-order valence-corrected chi connectivity index (χ4v) is 5.74. The van der Waals surface area contributed by atoms with Crippen molar-refractivity contribution in [1.29, 1.82) is 0 Å². The molecule has 2 aromatic carbocycles. The molecular formula is C29H31N5O3S. The van der Waals surface area contributed by atoms with Gasteiger partial charge in [-0.25, -0.2) is 0 Å². The molecule has 3 aromatic heterocycles. The maximum atomic E-state index is 13.3. The van der Waals surface area contributed by atoms with Crippen LogP contribution in [0.5, 0.6) is 5.75 Å². The molecule has 8 nitrogen and oxygen atoms in total. The predicted molar refractivity (Wildman–Crippen MR) is 151 cm³/mol. The number of hydrogen-bond acceptors (Lipinski definition) is 6. The first-order valence-electron chi connectivity index (χ1n) is 12.7. The molecule has 0 radical (unpaired) electrons. The van der Waals surface area contributed by atoms with Crippen molar-refractivity contribution >= 4 is 34.2 Å². The van der Waals surface area contributed by atoms with Crippen molar-refractivity contribution in [3.63, 3.8) is 0 Å². The van der Waals surface area contributed by atoms with E-state index in [0.29, 0.717) is 22.9 Å². The molecule has 0 fully saturated rings. The van der Waals surface area contributed by atoms with E-state index in [1.807, 2.05) is 67.6 Å². The lowest BCUT2D eigenvalue weighted by atomic mass is 10.1. The summed E-state index contributed by atoms with van der Waals surface area (Å²) in [6, 6.07) is 17.5. The zero-order valence-electron chi connectivity index (χ0n) is 22.1. The molecular weight excluding hydrogens is 498 g/mol. The lowest BCUT2D eigenvalue weighted by Crippen LogP contribution is -2.23. The van der Waals surface area contributed by atoms with Gasteiger partial charge in [-0.15, -0.1) is 10.2 Å².